The summed E-state index contributed by atoms with van der Waals surface area (Å²) in [5.41, 5.74) is 3.33. The molecular weight excluding hydrogens is 232 g/mol. The second-order valence-corrected chi connectivity index (χ2v) is 6.87. The third-order valence-corrected chi connectivity index (χ3v) is 4.68. The van der Waals surface area contributed by atoms with Crippen molar-refractivity contribution in [1.29, 1.82) is 0 Å². The number of hydrogen-bond donors (Lipinski definition) is 1. The van der Waals surface area contributed by atoms with Crippen LogP contribution in [0.15, 0.2) is 24.3 Å². The van der Waals surface area contributed by atoms with Gasteiger partial charge in [-0.2, -0.15) is 0 Å². The first kappa shape index (κ1) is 14.5. The summed E-state index contributed by atoms with van der Waals surface area (Å²) >= 11 is 0. The van der Waals surface area contributed by atoms with Gasteiger partial charge in [-0.05, 0) is 45.2 Å². The molecule has 0 aromatic heterocycles. The predicted molar refractivity (Wildman–Crippen MR) is 82.4 cm³/mol. The minimum Gasteiger partial charge on any atom is -0.309 e. The second kappa shape index (κ2) is 5.26. The van der Waals surface area contributed by atoms with Crippen LogP contribution in [0.25, 0.3) is 0 Å². The Hall–Kier alpha value is -0.860. The summed E-state index contributed by atoms with van der Waals surface area (Å²) in [7, 11) is 0. The zero-order chi connectivity index (χ0) is 14.1. The lowest BCUT2D eigenvalue weighted by Gasteiger charge is -2.51. The van der Waals surface area contributed by atoms with Gasteiger partial charge in [-0.15, -0.1) is 0 Å². The Labute approximate surface area is 118 Å². The third-order valence-electron chi connectivity index (χ3n) is 4.68. The van der Waals surface area contributed by atoms with Gasteiger partial charge < -0.3 is 5.32 Å². The van der Waals surface area contributed by atoms with E-state index in [1.54, 1.807) is 0 Å². The molecule has 1 heterocycles. The molecule has 1 aliphatic heterocycles. The highest BCUT2D eigenvalue weighted by atomic mass is 15.3. The molecule has 2 nitrogen and oxygen atoms in total. The topological polar surface area (TPSA) is 15.3 Å². The summed E-state index contributed by atoms with van der Waals surface area (Å²) < 4.78 is 0. The number of rotatable bonds is 3. The lowest BCUT2D eigenvalue weighted by atomic mass is 9.87. The van der Waals surface area contributed by atoms with E-state index in [2.05, 4.69) is 69.1 Å². The molecule has 0 amide bonds. The predicted octanol–water partition coefficient (Wildman–Crippen LogP) is 3.35. The van der Waals surface area contributed by atoms with Gasteiger partial charge in [-0.1, -0.05) is 31.2 Å². The van der Waals surface area contributed by atoms with E-state index in [9.17, 15) is 0 Å². The molecule has 106 valence electrons. The van der Waals surface area contributed by atoms with E-state index >= 15 is 0 Å². The number of nitrogens with one attached hydrogen (secondary N) is 1. The molecule has 0 spiro atoms. The van der Waals surface area contributed by atoms with Crippen LogP contribution < -0.4 is 5.32 Å². The first-order chi connectivity index (χ1) is 8.86. The molecular formula is C17H28N2. The van der Waals surface area contributed by atoms with Crippen molar-refractivity contribution in [2.45, 2.75) is 58.7 Å². The smallest absolute Gasteiger partial charge is 0.0307 e. The maximum atomic E-state index is 3.69. The molecule has 1 N–H and O–H groups in total. The van der Waals surface area contributed by atoms with Gasteiger partial charge in [0, 0.05) is 30.7 Å². The maximum absolute atomic E-state index is 3.69. The van der Waals surface area contributed by atoms with Crippen molar-refractivity contribution >= 4 is 0 Å². The molecule has 1 atom stereocenters. The number of nitrogens with zero attached hydrogens (tertiary/aromatic N) is 1. The van der Waals surface area contributed by atoms with E-state index in [-0.39, 0.29) is 11.1 Å². The summed E-state index contributed by atoms with van der Waals surface area (Å²) in [4.78, 5) is 2.66. The van der Waals surface area contributed by atoms with E-state index in [1.165, 1.54) is 17.5 Å². The molecule has 0 saturated carbocycles. The fourth-order valence-electron chi connectivity index (χ4n) is 2.85. The SMILES string of the molecule is CCC1(C)CNC(C)(C)CN1Cc1ccccc1C. The number of benzene rings is 1. The van der Waals surface area contributed by atoms with Gasteiger partial charge in [0.15, 0.2) is 0 Å². The average molecular weight is 260 g/mol. The summed E-state index contributed by atoms with van der Waals surface area (Å²) in [5, 5.41) is 3.69. The van der Waals surface area contributed by atoms with Crippen molar-refractivity contribution in [3.8, 4) is 0 Å². The third kappa shape index (κ3) is 3.18. The van der Waals surface area contributed by atoms with Crippen molar-refractivity contribution < 1.29 is 0 Å². The molecule has 2 heteroatoms. The van der Waals surface area contributed by atoms with Crippen LogP contribution in [0.2, 0.25) is 0 Å². The van der Waals surface area contributed by atoms with Gasteiger partial charge in [-0.25, -0.2) is 0 Å². The van der Waals surface area contributed by atoms with Crippen LogP contribution in [0.5, 0.6) is 0 Å². The van der Waals surface area contributed by atoms with Gasteiger partial charge in [-0.3, -0.25) is 4.90 Å². The molecule has 1 saturated heterocycles. The fourth-order valence-corrected chi connectivity index (χ4v) is 2.85. The van der Waals surface area contributed by atoms with Gasteiger partial charge in [0.25, 0.3) is 0 Å². The Morgan fingerprint density at radius 2 is 1.89 bits per heavy atom. The molecule has 1 fully saturated rings. The highest BCUT2D eigenvalue weighted by Crippen LogP contribution is 2.28. The molecule has 0 aliphatic carbocycles. The Bertz CT molecular complexity index is 439. The molecule has 1 unspecified atom stereocenters. The highest BCUT2D eigenvalue weighted by Gasteiger charge is 2.39. The Morgan fingerprint density at radius 1 is 1.21 bits per heavy atom. The molecule has 1 aromatic rings. The first-order valence-electron chi connectivity index (χ1n) is 7.41. The number of aryl methyl sites for hydroxylation is 1. The molecule has 1 aliphatic rings. The van der Waals surface area contributed by atoms with Crippen LogP contribution in [0.3, 0.4) is 0 Å². The van der Waals surface area contributed by atoms with Crippen LogP contribution in [-0.4, -0.2) is 29.1 Å². The van der Waals surface area contributed by atoms with E-state index in [4.69, 9.17) is 0 Å². The standard InChI is InChI=1S/C17H28N2/c1-6-17(5)12-18-16(3,4)13-19(17)11-15-10-8-7-9-14(15)2/h7-10,18H,6,11-13H2,1-5H3. The first-order valence-corrected chi connectivity index (χ1v) is 7.41. The number of piperazine rings is 1. The van der Waals surface area contributed by atoms with Crippen molar-refractivity contribution in [2.75, 3.05) is 13.1 Å². The monoisotopic (exact) mass is 260 g/mol. The van der Waals surface area contributed by atoms with Crippen LogP contribution >= 0.6 is 0 Å². The van der Waals surface area contributed by atoms with Crippen molar-refractivity contribution in [3.63, 3.8) is 0 Å². The van der Waals surface area contributed by atoms with E-state index in [1.807, 2.05) is 0 Å². The summed E-state index contributed by atoms with van der Waals surface area (Å²) in [5.74, 6) is 0. The molecule has 0 bridgehead atoms. The van der Waals surface area contributed by atoms with Crippen LogP contribution in [-0.2, 0) is 6.54 Å². The lowest BCUT2D eigenvalue weighted by molar-refractivity contribution is 0.0174. The normalized spacial score (nSPS) is 27.4. The molecule has 19 heavy (non-hydrogen) atoms. The average Bonchev–Trinajstić information content (AvgIpc) is 2.37. The minimum absolute atomic E-state index is 0.206. The second-order valence-electron chi connectivity index (χ2n) is 6.87. The number of hydrogen-bond acceptors (Lipinski definition) is 2. The molecule has 0 radical (unpaired) electrons. The lowest BCUT2D eigenvalue weighted by Crippen LogP contribution is -2.66. The summed E-state index contributed by atoms with van der Waals surface area (Å²) in [6, 6.07) is 8.75. The summed E-state index contributed by atoms with van der Waals surface area (Å²) in [6.07, 6.45) is 1.18. The van der Waals surface area contributed by atoms with E-state index in [0.29, 0.717) is 0 Å². The highest BCUT2D eigenvalue weighted by molar-refractivity contribution is 5.26. The summed E-state index contributed by atoms with van der Waals surface area (Å²) in [6.45, 7) is 14.7. The Kier molecular flexibility index (Phi) is 4.03. The fraction of sp³-hybridized carbons (Fsp3) is 0.647. The molecule has 1 aromatic carbocycles. The van der Waals surface area contributed by atoms with Crippen molar-refractivity contribution in [3.05, 3.63) is 35.4 Å². The van der Waals surface area contributed by atoms with Gasteiger partial charge in [0.2, 0.25) is 0 Å². The zero-order valence-corrected chi connectivity index (χ0v) is 13.1. The largest absolute Gasteiger partial charge is 0.309 e. The van der Waals surface area contributed by atoms with E-state index in [0.717, 1.165) is 19.6 Å². The minimum atomic E-state index is 0.206. The zero-order valence-electron chi connectivity index (χ0n) is 13.1. The van der Waals surface area contributed by atoms with Crippen LogP contribution in [0.4, 0.5) is 0 Å². The maximum Gasteiger partial charge on any atom is 0.0307 e. The Balaban J connectivity index is 2.22. The van der Waals surface area contributed by atoms with Gasteiger partial charge in [0.05, 0.1) is 0 Å². The van der Waals surface area contributed by atoms with Crippen LogP contribution in [0, 0.1) is 6.92 Å². The van der Waals surface area contributed by atoms with Crippen molar-refractivity contribution in [2.24, 2.45) is 0 Å². The van der Waals surface area contributed by atoms with Crippen molar-refractivity contribution in [1.82, 2.24) is 10.2 Å². The molecule has 2 rings (SSSR count). The van der Waals surface area contributed by atoms with Crippen LogP contribution in [0.1, 0.15) is 45.2 Å². The quantitative estimate of drug-likeness (QED) is 0.896. The van der Waals surface area contributed by atoms with Gasteiger partial charge in [0.1, 0.15) is 0 Å². The Morgan fingerprint density at radius 3 is 2.53 bits per heavy atom. The van der Waals surface area contributed by atoms with Gasteiger partial charge >= 0.3 is 0 Å². The van der Waals surface area contributed by atoms with E-state index < -0.39 is 0 Å².